The van der Waals surface area contributed by atoms with Gasteiger partial charge in [0, 0.05) is 12.6 Å². The van der Waals surface area contributed by atoms with E-state index < -0.39 is 10.0 Å². The van der Waals surface area contributed by atoms with Crippen LogP contribution in [0.2, 0.25) is 0 Å². The Morgan fingerprint density at radius 3 is 2.62 bits per heavy atom. The summed E-state index contributed by atoms with van der Waals surface area (Å²) >= 11 is 4.30. The van der Waals surface area contributed by atoms with Gasteiger partial charge in [0.25, 0.3) is 10.0 Å². The van der Waals surface area contributed by atoms with Gasteiger partial charge in [0.2, 0.25) is 5.91 Å². The maximum Gasteiger partial charge on any atom is 0.250 e. The Morgan fingerprint density at radius 1 is 1.48 bits per heavy atom. The van der Waals surface area contributed by atoms with Crippen LogP contribution in [0, 0.1) is 5.92 Å². The molecule has 1 heterocycles. The third-order valence-corrected chi connectivity index (χ3v) is 6.54. The minimum Gasteiger partial charge on any atom is -0.351 e. The molecule has 2 rings (SSSR count). The molecule has 0 radical (unpaired) electrons. The first-order chi connectivity index (χ1) is 9.42. The zero-order valence-electron chi connectivity index (χ0n) is 11.0. The van der Waals surface area contributed by atoms with E-state index in [1.54, 1.807) is 6.07 Å². The summed E-state index contributed by atoms with van der Waals surface area (Å²) < 4.78 is 27.0. The molecule has 1 aliphatic carbocycles. The van der Waals surface area contributed by atoms with E-state index in [2.05, 4.69) is 26.0 Å². The standard InChI is InChI=1S/C11H16BrN3O3S2.ClH/c12-9-3-4-11(19-9)20(17,18)14-6-10(16)15-8(5-13)7-1-2-7;/h3-4,7-8,14H,1-2,5-6,13H2,(H,15,16);1H. The van der Waals surface area contributed by atoms with Crippen molar-refractivity contribution in [2.45, 2.75) is 23.1 Å². The Kier molecular flexibility index (Phi) is 7.08. The highest BCUT2D eigenvalue weighted by molar-refractivity contribution is 9.11. The molecule has 1 unspecified atom stereocenters. The van der Waals surface area contributed by atoms with Crippen LogP contribution in [-0.2, 0) is 14.8 Å². The normalized spacial score (nSPS) is 16.1. The number of nitrogens with two attached hydrogens (primary N) is 1. The zero-order valence-corrected chi connectivity index (χ0v) is 15.1. The van der Waals surface area contributed by atoms with Crippen molar-refractivity contribution in [3.8, 4) is 0 Å². The molecule has 1 atom stereocenters. The number of carbonyl (C=O) groups excluding carboxylic acids is 1. The van der Waals surface area contributed by atoms with E-state index in [4.69, 9.17) is 5.73 Å². The fourth-order valence-corrected chi connectivity index (χ4v) is 4.84. The molecule has 0 aromatic carbocycles. The predicted octanol–water partition coefficient (Wildman–Crippen LogP) is 1.06. The molecule has 21 heavy (non-hydrogen) atoms. The number of hydrogen-bond acceptors (Lipinski definition) is 5. The van der Waals surface area contributed by atoms with Crippen molar-refractivity contribution < 1.29 is 13.2 Å². The number of carbonyl (C=O) groups is 1. The zero-order chi connectivity index (χ0) is 14.8. The summed E-state index contributed by atoms with van der Waals surface area (Å²) in [4.78, 5) is 11.7. The van der Waals surface area contributed by atoms with Crippen molar-refractivity contribution in [2.75, 3.05) is 13.1 Å². The van der Waals surface area contributed by atoms with E-state index in [0.717, 1.165) is 28.0 Å². The van der Waals surface area contributed by atoms with Crippen molar-refractivity contribution in [3.63, 3.8) is 0 Å². The second kappa shape index (κ2) is 7.89. The lowest BCUT2D eigenvalue weighted by Gasteiger charge is -2.16. The third-order valence-electron chi connectivity index (χ3n) is 3.03. The summed E-state index contributed by atoms with van der Waals surface area (Å²) in [5.74, 6) is 0.0837. The van der Waals surface area contributed by atoms with Crippen molar-refractivity contribution in [1.82, 2.24) is 10.0 Å². The largest absolute Gasteiger partial charge is 0.351 e. The SMILES string of the molecule is Cl.NCC(NC(=O)CNS(=O)(=O)c1ccc(Br)s1)C1CC1. The van der Waals surface area contributed by atoms with E-state index in [1.165, 1.54) is 6.07 Å². The Bertz CT molecular complexity index is 589. The topological polar surface area (TPSA) is 101 Å². The molecular weight excluding hydrogens is 402 g/mol. The van der Waals surface area contributed by atoms with Gasteiger partial charge in [-0.2, -0.15) is 0 Å². The van der Waals surface area contributed by atoms with E-state index in [0.29, 0.717) is 12.5 Å². The van der Waals surface area contributed by atoms with Gasteiger partial charge < -0.3 is 11.1 Å². The molecule has 1 aromatic rings. The minimum atomic E-state index is -3.64. The highest BCUT2D eigenvalue weighted by Gasteiger charge is 2.31. The Balaban J connectivity index is 0.00000220. The minimum absolute atomic E-state index is 0. The van der Waals surface area contributed by atoms with Gasteiger partial charge in [0.1, 0.15) is 4.21 Å². The van der Waals surface area contributed by atoms with Crippen molar-refractivity contribution in [2.24, 2.45) is 11.7 Å². The molecule has 120 valence electrons. The third kappa shape index (κ3) is 5.50. The predicted molar refractivity (Wildman–Crippen MR) is 88.2 cm³/mol. The molecule has 0 spiro atoms. The molecule has 6 nitrogen and oxygen atoms in total. The van der Waals surface area contributed by atoms with Gasteiger partial charge >= 0.3 is 0 Å². The lowest BCUT2D eigenvalue weighted by molar-refractivity contribution is -0.120. The first-order valence-corrected chi connectivity index (χ1v) is 9.26. The highest BCUT2D eigenvalue weighted by atomic mass is 79.9. The van der Waals surface area contributed by atoms with Crippen LogP contribution < -0.4 is 15.8 Å². The van der Waals surface area contributed by atoms with Crippen molar-refractivity contribution in [1.29, 1.82) is 0 Å². The van der Waals surface area contributed by atoms with Crippen LogP contribution in [0.1, 0.15) is 12.8 Å². The number of hydrogen-bond donors (Lipinski definition) is 3. The Labute approximate surface area is 142 Å². The first kappa shape index (κ1) is 18.9. The smallest absolute Gasteiger partial charge is 0.250 e. The fraction of sp³-hybridized carbons (Fsp3) is 0.545. The van der Waals surface area contributed by atoms with E-state index >= 15 is 0 Å². The summed E-state index contributed by atoms with van der Waals surface area (Å²) in [5, 5.41) is 2.76. The van der Waals surface area contributed by atoms with Crippen LogP contribution in [0.15, 0.2) is 20.1 Å². The quantitative estimate of drug-likeness (QED) is 0.616. The number of amides is 1. The Morgan fingerprint density at radius 2 is 2.14 bits per heavy atom. The van der Waals surface area contributed by atoms with Crippen LogP contribution in [0.25, 0.3) is 0 Å². The van der Waals surface area contributed by atoms with Crippen LogP contribution in [0.4, 0.5) is 0 Å². The highest BCUT2D eigenvalue weighted by Crippen LogP contribution is 2.32. The average Bonchev–Trinajstić information content (AvgIpc) is 3.15. The summed E-state index contributed by atoms with van der Waals surface area (Å²) in [5.41, 5.74) is 5.58. The molecule has 4 N–H and O–H groups in total. The first-order valence-electron chi connectivity index (χ1n) is 6.17. The van der Waals surface area contributed by atoms with Gasteiger partial charge in [-0.05, 0) is 46.8 Å². The van der Waals surface area contributed by atoms with Crippen molar-refractivity contribution in [3.05, 3.63) is 15.9 Å². The second-order valence-corrected chi connectivity index (χ2v) is 9.09. The van der Waals surface area contributed by atoms with Gasteiger partial charge in [-0.1, -0.05) is 0 Å². The van der Waals surface area contributed by atoms with E-state index in [-0.39, 0.29) is 35.1 Å². The molecule has 0 bridgehead atoms. The average molecular weight is 419 g/mol. The van der Waals surface area contributed by atoms with Crippen molar-refractivity contribution >= 4 is 55.6 Å². The van der Waals surface area contributed by atoms with Gasteiger partial charge in [0.15, 0.2) is 0 Å². The molecular formula is C11H17BrClN3O3S2. The maximum absolute atomic E-state index is 11.9. The number of rotatable bonds is 7. The molecule has 1 amide bonds. The second-order valence-electron chi connectivity index (χ2n) is 4.63. The van der Waals surface area contributed by atoms with Crippen LogP contribution >= 0.6 is 39.7 Å². The summed E-state index contributed by atoms with van der Waals surface area (Å²) in [6.45, 7) is 0.0993. The van der Waals surface area contributed by atoms with E-state index in [1.807, 2.05) is 0 Å². The fourth-order valence-electron chi connectivity index (χ4n) is 1.80. The van der Waals surface area contributed by atoms with Gasteiger partial charge in [-0.3, -0.25) is 4.79 Å². The molecule has 1 saturated carbocycles. The summed E-state index contributed by atoms with van der Waals surface area (Å²) in [6.07, 6.45) is 2.13. The monoisotopic (exact) mass is 417 g/mol. The number of thiophene rings is 1. The number of nitrogens with one attached hydrogen (secondary N) is 2. The van der Waals surface area contributed by atoms with Crippen LogP contribution in [0.3, 0.4) is 0 Å². The van der Waals surface area contributed by atoms with Gasteiger partial charge in [-0.15, -0.1) is 23.7 Å². The Hall–Kier alpha value is -0.190. The number of sulfonamides is 1. The molecule has 10 heteroatoms. The van der Waals surface area contributed by atoms with E-state index in [9.17, 15) is 13.2 Å². The number of halogens is 2. The maximum atomic E-state index is 11.9. The van der Waals surface area contributed by atoms with Crippen LogP contribution in [0.5, 0.6) is 0 Å². The lowest BCUT2D eigenvalue weighted by Crippen LogP contribution is -2.46. The summed E-state index contributed by atoms with van der Waals surface area (Å²) in [7, 11) is -3.64. The molecule has 1 aromatic heterocycles. The molecule has 0 aliphatic heterocycles. The lowest BCUT2D eigenvalue weighted by atomic mass is 10.2. The summed E-state index contributed by atoms with van der Waals surface area (Å²) in [6, 6.07) is 3.08. The van der Waals surface area contributed by atoms with Gasteiger partial charge in [0.05, 0.1) is 10.3 Å². The molecule has 0 saturated heterocycles. The molecule has 1 aliphatic rings. The van der Waals surface area contributed by atoms with Gasteiger partial charge in [-0.25, -0.2) is 13.1 Å². The molecule has 1 fully saturated rings. The van der Waals surface area contributed by atoms with Crippen LogP contribution in [-0.4, -0.2) is 33.5 Å².